The Morgan fingerprint density at radius 1 is 1.33 bits per heavy atom. The maximum absolute atomic E-state index is 13.1. The first-order valence-electron chi connectivity index (χ1n) is 9.70. The first-order valence-corrected chi connectivity index (χ1v) is 10.1. The van der Waals surface area contributed by atoms with Crippen molar-refractivity contribution >= 4 is 34.9 Å². The molecular weight excluding hydrogens is 410 g/mol. The molecule has 1 fully saturated rings. The van der Waals surface area contributed by atoms with E-state index in [-0.39, 0.29) is 42.0 Å². The van der Waals surface area contributed by atoms with Gasteiger partial charge in [-0.15, -0.1) is 0 Å². The number of nitrogens with zero attached hydrogens (tertiary/aromatic N) is 1. The monoisotopic (exact) mass is 431 g/mol. The molecule has 0 aromatic heterocycles. The Morgan fingerprint density at radius 2 is 2.17 bits per heavy atom. The molecule has 3 amide bonds. The van der Waals surface area contributed by atoms with E-state index in [0.717, 1.165) is 12.8 Å². The predicted octanol–water partition coefficient (Wildman–Crippen LogP) is 3.59. The minimum atomic E-state index is -0.379. The molecule has 4 rings (SSSR count). The average Bonchev–Trinajstić information content (AvgIpc) is 3.23. The van der Waals surface area contributed by atoms with E-state index in [4.69, 9.17) is 21.1 Å². The van der Waals surface area contributed by atoms with Crippen LogP contribution in [0.4, 0.5) is 16.2 Å². The maximum atomic E-state index is 13.1. The summed E-state index contributed by atoms with van der Waals surface area (Å²) in [4.78, 5) is 26.2. The predicted molar refractivity (Wildman–Crippen MR) is 112 cm³/mol. The lowest BCUT2D eigenvalue weighted by Gasteiger charge is -2.27. The van der Waals surface area contributed by atoms with Gasteiger partial charge in [0.1, 0.15) is 11.5 Å². The summed E-state index contributed by atoms with van der Waals surface area (Å²) in [6.45, 7) is 1.18. The molecule has 1 atom stereocenters. The van der Waals surface area contributed by atoms with Crippen molar-refractivity contribution in [2.45, 2.75) is 25.5 Å². The number of para-hydroxylation sites is 1. The molecule has 0 bridgehead atoms. The molecule has 158 valence electrons. The molecule has 0 saturated carbocycles. The summed E-state index contributed by atoms with van der Waals surface area (Å²) in [7, 11) is 0. The second kappa shape index (κ2) is 8.81. The number of phenolic OH excluding ortho intramolecular Hbond substituents is 1. The van der Waals surface area contributed by atoms with Crippen molar-refractivity contribution in [2.24, 2.45) is 0 Å². The molecule has 2 aliphatic heterocycles. The first-order chi connectivity index (χ1) is 14.5. The zero-order valence-electron chi connectivity index (χ0n) is 16.2. The number of benzene rings is 2. The standard InChI is InChI=1S/C21H22ClN3O5/c22-15-8-17-19(30-12-20(27)23-17)9-16(15)24-21(28)25(11-14-5-3-7-29-14)10-13-4-1-2-6-18(13)26/h1-2,4,6,8-9,14,26H,3,5,7,10-12H2,(H,23,27)(H,24,28). The number of urea groups is 1. The van der Waals surface area contributed by atoms with Gasteiger partial charge >= 0.3 is 6.03 Å². The number of rotatable bonds is 5. The number of carbonyl (C=O) groups excluding carboxylic acids is 2. The highest BCUT2D eigenvalue weighted by atomic mass is 35.5. The molecule has 2 heterocycles. The Balaban J connectivity index is 1.54. The number of anilines is 2. The minimum Gasteiger partial charge on any atom is -0.508 e. The molecule has 0 aliphatic carbocycles. The Kier molecular flexibility index (Phi) is 5.96. The molecule has 0 spiro atoms. The summed E-state index contributed by atoms with van der Waals surface area (Å²) in [5, 5.41) is 15.9. The maximum Gasteiger partial charge on any atom is 0.322 e. The normalized spacial score (nSPS) is 17.6. The van der Waals surface area contributed by atoms with Gasteiger partial charge in [0.05, 0.1) is 29.0 Å². The molecule has 2 aromatic rings. The third-order valence-electron chi connectivity index (χ3n) is 5.03. The third-order valence-corrected chi connectivity index (χ3v) is 5.34. The van der Waals surface area contributed by atoms with Crippen LogP contribution in [0.3, 0.4) is 0 Å². The summed E-state index contributed by atoms with van der Waals surface area (Å²) in [6, 6.07) is 9.64. The molecule has 3 N–H and O–H groups in total. The number of ether oxygens (including phenoxy) is 2. The highest BCUT2D eigenvalue weighted by Gasteiger charge is 2.25. The van der Waals surface area contributed by atoms with Gasteiger partial charge in [0.25, 0.3) is 5.91 Å². The largest absolute Gasteiger partial charge is 0.508 e. The summed E-state index contributed by atoms with van der Waals surface area (Å²) < 4.78 is 11.1. The highest BCUT2D eigenvalue weighted by Crippen LogP contribution is 2.36. The molecule has 2 aromatic carbocycles. The van der Waals surface area contributed by atoms with Crippen LogP contribution in [-0.2, 0) is 16.1 Å². The van der Waals surface area contributed by atoms with E-state index in [0.29, 0.717) is 35.8 Å². The quantitative estimate of drug-likeness (QED) is 0.671. The summed E-state index contributed by atoms with van der Waals surface area (Å²) in [6.07, 6.45) is 1.77. The molecule has 9 heteroatoms. The van der Waals surface area contributed by atoms with Gasteiger partial charge < -0.3 is 30.1 Å². The summed E-state index contributed by atoms with van der Waals surface area (Å²) in [5.74, 6) is 0.292. The van der Waals surface area contributed by atoms with Crippen molar-refractivity contribution in [1.29, 1.82) is 0 Å². The number of hydrogen-bond donors (Lipinski definition) is 3. The van der Waals surface area contributed by atoms with Gasteiger partial charge in [-0.2, -0.15) is 0 Å². The van der Waals surface area contributed by atoms with Crippen molar-refractivity contribution in [1.82, 2.24) is 4.90 Å². The van der Waals surface area contributed by atoms with Gasteiger partial charge in [-0.3, -0.25) is 4.79 Å². The Hall–Kier alpha value is -2.97. The first kappa shape index (κ1) is 20.3. The zero-order chi connectivity index (χ0) is 21.1. The minimum absolute atomic E-state index is 0.0563. The van der Waals surface area contributed by atoms with Crippen LogP contribution in [0.5, 0.6) is 11.5 Å². The molecule has 8 nitrogen and oxygen atoms in total. The average molecular weight is 432 g/mol. The smallest absolute Gasteiger partial charge is 0.322 e. The number of hydrogen-bond acceptors (Lipinski definition) is 5. The zero-order valence-corrected chi connectivity index (χ0v) is 16.9. The van der Waals surface area contributed by atoms with Gasteiger partial charge in [-0.05, 0) is 25.0 Å². The lowest BCUT2D eigenvalue weighted by Crippen LogP contribution is -2.39. The Labute approximate surface area is 178 Å². The van der Waals surface area contributed by atoms with Crippen LogP contribution in [0.15, 0.2) is 36.4 Å². The van der Waals surface area contributed by atoms with Crippen LogP contribution >= 0.6 is 11.6 Å². The number of halogens is 1. The van der Waals surface area contributed by atoms with Crippen molar-refractivity contribution in [3.8, 4) is 11.5 Å². The number of phenols is 1. The van der Waals surface area contributed by atoms with Gasteiger partial charge in [0.2, 0.25) is 0 Å². The number of carbonyl (C=O) groups is 2. The van der Waals surface area contributed by atoms with Crippen LogP contribution in [0.1, 0.15) is 18.4 Å². The molecule has 0 radical (unpaired) electrons. The topological polar surface area (TPSA) is 100 Å². The molecule has 1 saturated heterocycles. The van der Waals surface area contributed by atoms with Crippen molar-refractivity contribution in [2.75, 3.05) is 30.4 Å². The molecule has 30 heavy (non-hydrogen) atoms. The second-order valence-electron chi connectivity index (χ2n) is 7.24. The van der Waals surface area contributed by atoms with Gasteiger partial charge in [0, 0.05) is 24.8 Å². The van der Waals surface area contributed by atoms with Crippen molar-refractivity contribution in [3.05, 3.63) is 47.0 Å². The van der Waals surface area contributed by atoms with E-state index in [9.17, 15) is 14.7 Å². The summed E-state index contributed by atoms with van der Waals surface area (Å²) >= 11 is 6.31. The van der Waals surface area contributed by atoms with Gasteiger partial charge in [0.15, 0.2) is 6.61 Å². The van der Waals surface area contributed by atoms with Crippen LogP contribution in [0, 0.1) is 0 Å². The molecule has 2 aliphatic rings. The van der Waals surface area contributed by atoms with E-state index >= 15 is 0 Å². The second-order valence-corrected chi connectivity index (χ2v) is 7.65. The van der Waals surface area contributed by atoms with E-state index in [1.807, 2.05) is 6.07 Å². The molecular formula is C21H22ClN3O5. The van der Waals surface area contributed by atoms with Crippen LogP contribution in [0.2, 0.25) is 5.02 Å². The van der Waals surface area contributed by atoms with E-state index < -0.39 is 0 Å². The fourth-order valence-corrected chi connectivity index (χ4v) is 3.70. The van der Waals surface area contributed by atoms with E-state index in [2.05, 4.69) is 10.6 Å². The van der Waals surface area contributed by atoms with E-state index in [1.165, 1.54) is 6.07 Å². The lowest BCUT2D eigenvalue weighted by molar-refractivity contribution is -0.118. The van der Waals surface area contributed by atoms with E-state index in [1.54, 1.807) is 29.2 Å². The summed E-state index contributed by atoms with van der Waals surface area (Å²) in [5.41, 5.74) is 1.46. The van der Waals surface area contributed by atoms with Gasteiger partial charge in [-0.1, -0.05) is 29.8 Å². The fourth-order valence-electron chi connectivity index (χ4n) is 3.49. The van der Waals surface area contributed by atoms with Crippen LogP contribution < -0.4 is 15.4 Å². The van der Waals surface area contributed by atoms with Crippen LogP contribution in [-0.4, -0.2) is 47.8 Å². The van der Waals surface area contributed by atoms with Crippen molar-refractivity contribution < 1.29 is 24.2 Å². The Morgan fingerprint density at radius 3 is 2.93 bits per heavy atom. The third kappa shape index (κ3) is 4.60. The fraction of sp³-hybridized carbons (Fsp3) is 0.333. The highest BCUT2D eigenvalue weighted by molar-refractivity contribution is 6.34. The molecule has 1 unspecified atom stereocenters. The Bertz CT molecular complexity index is 962. The number of aromatic hydroxyl groups is 1. The van der Waals surface area contributed by atoms with Crippen LogP contribution in [0.25, 0.3) is 0 Å². The van der Waals surface area contributed by atoms with Gasteiger partial charge in [-0.25, -0.2) is 4.79 Å². The number of amides is 3. The SMILES string of the molecule is O=C1COc2cc(NC(=O)N(Cc3ccccc3O)CC3CCCO3)c(Cl)cc2N1. The lowest BCUT2D eigenvalue weighted by atomic mass is 10.1. The van der Waals surface area contributed by atoms with Crippen molar-refractivity contribution in [3.63, 3.8) is 0 Å². The number of fused-ring (bicyclic) bond motifs is 1. The number of nitrogens with one attached hydrogen (secondary N) is 2.